The lowest BCUT2D eigenvalue weighted by Crippen LogP contribution is -2.14. The highest BCUT2D eigenvalue weighted by Gasteiger charge is 2.13. The van der Waals surface area contributed by atoms with Gasteiger partial charge in [-0.25, -0.2) is 9.97 Å². The van der Waals surface area contributed by atoms with Gasteiger partial charge in [-0.3, -0.25) is 9.59 Å². The summed E-state index contributed by atoms with van der Waals surface area (Å²) in [6.45, 7) is 0. The maximum absolute atomic E-state index is 12.8. The lowest BCUT2D eigenvalue weighted by atomic mass is 10.1. The second-order valence-corrected chi connectivity index (χ2v) is 9.61. The number of carbonyl (C=O) groups is 2. The molecule has 0 spiro atoms. The molecular formula is C34H22N4O4. The van der Waals surface area contributed by atoms with Crippen LogP contribution in [0.2, 0.25) is 0 Å². The Bertz CT molecular complexity index is 1840. The number of nitrogens with one attached hydrogen (secondary N) is 2. The number of anilines is 2. The Hall–Kier alpha value is -6.02. The number of hydrogen-bond acceptors (Lipinski definition) is 6. The van der Waals surface area contributed by atoms with Gasteiger partial charge in [0.05, 0.1) is 0 Å². The van der Waals surface area contributed by atoms with E-state index in [4.69, 9.17) is 8.83 Å². The summed E-state index contributed by atoms with van der Waals surface area (Å²) in [5, 5.41) is 5.75. The fourth-order valence-corrected chi connectivity index (χ4v) is 4.56. The zero-order chi connectivity index (χ0) is 28.5. The molecule has 42 heavy (non-hydrogen) atoms. The van der Waals surface area contributed by atoms with Gasteiger partial charge in [0.2, 0.25) is 11.8 Å². The molecule has 0 aliphatic heterocycles. The van der Waals surface area contributed by atoms with E-state index < -0.39 is 0 Å². The Kier molecular flexibility index (Phi) is 6.25. The molecule has 0 aliphatic rings. The van der Waals surface area contributed by atoms with Crippen molar-refractivity contribution in [2.24, 2.45) is 0 Å². The number of benzene rings is 5. The fraction of sp³-hybridized carbons (Fsp3) is 0. The van der Waals surface area contributed by atoms with Gasteiger partial charge in [0.25, 0.3) is 11.8 Å². The minimum absolute atomic E-state index is 0.286. The van der Waals surface area contributed by atoms with Gasteiger partial charge in [0.1, 0.15) is 11.0 Å². The summed E-state index contributed by atoms with van der Waals surface area (Å²) in [5.41, 5.74) is 6.74. The molecular weight excluding hydrogens is 528 g/mol. The summed E-state index contributed by atoms with van der Waals surface area (Å²) in [7, 11) is 0. The molecule has 0 radical (unpaired) electrons. The molecule has 2 N–H and O–H groups in total. The maximum Gasteiger partial charge on any atom is 0.255 e. The summed E-state index contributed by atoms with van der Waals surface area (Å²) in [6.07, 6.45) is 0. The number of hydrogen-bond donors (Lipinski definition) is 2. The molecule has 7 aromatic rings. The Morgan fingerprint density at radius 3 is 1.24 bits per heavy atom. The molecule has 0 aliphatic carbocycles. The van der Waals surface area contributed by atoms with Crippen molar-refractivity contribution in [3.63, 3.8) is 0 Å². The van der Waals surface area contributed by atoms with E-state index in [1.165, 1.54) is 0 Å². The van der Waals surface area contributed by atoms with Crippen molar-refractivity contribution >= 4 is 45.4 Å². The Morgan fingerprint density at radius 2 is 0.857 bits per heavy atom. The van der Waals surface area contributed by atoms with Crippen LogP contribution in [-0.4, -0.2) is 21.8 Å². The number of oxazole rings is 2. The molecule has 2 amide bonds. The van der Waals surface area contributed by atoms with Crippen LogP contribution in [0.4, 0.5) is 11.4 Å². The minimum Gasteiger partial charge on any atom is -0.436 e. The monoisotopic (exact) mass is 550 g/mol. The van der Waals surface area contributed by atoms with Gasteiger partial charge >= 0.3 is 0 Å². The summed E-state index contributed by atoms with van der Waals surface area (Å²) in [5.74, 6) is 0.460. The van der Waals surface area contributed by atoms with Crippen LogP contribution in [0.1, 0.15) is 20.7 Å². The minimum atomic E-state index is -0.286. The number of nitrogens with zero attached hydrogens (tertiary/aromatic N) is 2. The van der Waals surface area contributed by atoms with Gasteiger partial charge in [-0.1, -0.05) is 24.3 Å². The first-order valence-corrected chi connectivity index (χ1v) is 13.2. The Balaban J connectivity index is 0.973. The van der Waals surface area contributed by atoms with Crippen molar-refractivity contribution in [3.8, 4) is 22.9 Å². The molecule has 2 heterocycles. The van der Waals surface area contributed by atoms with Gasteiger partial charge < -0.3 is 19.5 Å². The number of fused-ring (bicyclic) bond motifs is 2. The summed E-state index contributed by atoms with van der Waals surface area (Å²) in [4.78, 5) is 34.6. The van der Waals surface area contributed by atoms with Crippen LogP contribution in [0, 0.1) is 0 Å². The lowest BCUT2D eigenvalue weighted by molar-refractivity contribution is 0.101. The third-order valence-electron chi connectivity index (χ3n) is 6.78. The average molecular weight is 551 g/mol. The number of rotatable bonds is 6. The molecule has 5 aromatic carbocycles. The van der Waals surface area contributed by atoms with E-state index in [2.05, 4.69) is 20.6 Å². The summed E-state index contributed by atoms with van der Waals surface area (Å²) >= 11 is 0. The molecule has 0 atom stereocenters. The quantitative estimate of drug-likeness (QED) is 0.219. The smallest absolute Gasteiger partial charge is 0.255 e. The van der Waals surface area contributed by atoms with Crippen LogP contribution in [0.3, 0.4) is 0 Å². The van der Waals surface area contributed by atoms with E-state index in [1.54, 1.807) is 48.5 Å². The molecule has 0 saturated heterocycles. The highest BCUT2D eigenvalue weighted by Crippen LogP contribution is 2.27. The van der Waals surface area contributed by atoms with Gasteiger partial charge in [0, 0.05) is 33.6 Å². The maximum atomic E-state index is 12.8. The van der Waals surface area contributed by atoms with E-state index in [-0.39, 0.29) is 11.8 Å². The topological polar surface area (TPSA) is 110 Å². The molecule has 0 saturated carbocycles. The highest BCUT2D eigenvalue weighted by atomic mass is 16.4. The highest BCUT2D eigenvalue weighted by molar-refractivity contribution is 6.07. The normalized spacial score (nSPS) is 11.0. The third kappa shape index (κ3) is 5.00. The predicted molar refractivity (Wildman–Crippen MR) is 161 cm³/mol. The second kappa shape index (κ2) is 10.5. The van der Waals surface area contributed by atoms with Crippen LogP contribution < -0.4 is 10.6 Å². The van der Waals surface area contributed by atoms with Gasteiger partial charge in [-0.05, 0) is 97.1 Å². The van der Waals surface area contributed by atoms with Crippen molar-refractivity contribution in [1.82, 2.24) is 9.97 Å². The lowest BCUT2D eigenvalue weighted by Gasteiger charge is -2.08. The van der Waals surface area contributed by atoms with Crippen molar-refractivity contribution in [1.29, 1.82) is 0 Å². The molecule has 8 nitrogen and oxygen atoms in total. The largest absolute Gasteiger partial charge is 0.436 e. The first-order valence-electron chi connectivity index (χ1n) is 13.2. The molecule has 0 fully saturated rings. The second-order valence-electron chi connectivity index (χ2n) is 9.61. The SMILES string of the molecule is O=C(Nc1ccc(-c2nc3ccccc3o2)cc1)c1ccc(C(=O)Nc2ccc(-c3nc4ccccc4o3)cc2)cc1. The zero-order valence-electron chi connectivity index (χ0n) is 22.1. The molecule has 202 valence electrons. The van der Waals surface area contributed by atoms with Crippen LogP contribution in [-0.2, 0) is 0 Å². The van der Waals surface area contributed by atoms with E-state index in [0.29, 0.717) is 34.3 Å². The average Bonchev–Trinajstić information content (AvgIpc) is 3.67. The van der Waals surface area contributed by atoms with Gasteiger partial charge in [0.15, 0.2) is 11.2 Å². The van der Waals surface area contributed by atoms with Crippen LogP contribution in [0.25, 0.3) is 45.1 Å². The van der Waals surface area contributed by atoms with Crippen LogP contribution in [0.5, 0.6) is 0 Å². The summed E-state index contributed by atoms with van der Waals surface area (Å²) < 4.78 is 11.6. The predicted octanol–water partition coefficient (Wildman–Crippen LogP) is 7.81. The fourth-order valence-electron chi connectivity index (χ4n) is 4.56. The molecule has 2 aromatic heterocycles. The summed E-state index contributed by atoms with van der Waals surface area (Å²) in [6, 6.07) is 36.1. The van der Waals surface area contributed by atoms with E-state index in [1.807, 2.05) is 72.8 Å². The van der Waals surface area contributed by atoms with Crippen molar-refractivity contribution in [2.75, 3.05) is 10.6 Å². The number of amides is 2. The van der Waals surface area contributed by atoms with Crippen molar-refractivity contribution in [2.45, 2.75) is 0 Å². The first kappa shape index (κ1) is 25.0. The molecule has 8 heteroatoms. The third-order valence-corrected chi connectivity index (χ3v) is 6.78. The Labute approximate surface area is 239 Å². The van der Waals surface area contributed by atoms with E-state index >= 15 is 0 Å². The number of aromatic nitrogens is 2. The number of para-hydroxylation sites is 4. The molecule has 0 unspecified atom stereocenters. The van der Waals surface area contributed by atoms with E-state index in [0.717, 1.165) is 33.3 Å². The standard InChI is InChI=1S/C34H22N4O4/c39-31(35-25-17-13-23(14-18-25)33-37-27-5-1-3-7-29(27)41-33)21-9-11-22(12-10-21)32(40)36-26-19-15-24(16-20-26)34-38-28-6-2-4-8-30(28)42-34/h1-20H,(H,35,39)(H,36,40). The zero-order valence-corrected chi connectivity index (χ0v) is 22.1. The van der Waals surface area contributed by atoms with Crippen LogP contribution >= 0.6 is 0 Å². The molecule has 0 bridgehead atoms. The van der Waals surface area contributed by atoms with Crippen molar-refractivity contribution < 1.29 is 18.4 Å². The van der Waals surface area contributed by atoms with Gasteiger partial charge in [-0.15, -0.1) is 0 Å². The number of carbonyl (C=O) groups excluding carboxylic acids is 2. The van der Waals surface area contributed by atoms with Crippen molar-refractivity contribution in [3.05, 3.63) is 132 Å². The van der Waals surface area contributed by atoms with Crippen LogP contribution in [0.15, 0.2) is 130 Å². The van der Waals surface area contributed by atoms with E-state index in [9.17, 15) is 9.59 Å². The molecule has 7 rings (SSSR count). The van der Waals surface area contributed by atoms with Gasteiger partial charge in [-0.2, -0.15) is 0 Å². The Morgan fingerprint density at radius 1 is 0.476 bits per heavy atom. The first-order chi connectivity index (χ1) is 20.6.